The first kappa shape index (κ1) is 27.4. The maximum absolute atomic E-state index is 12.1. The number of carbonyl (C=O) groups is 3. The summed E-state index contributed by atoms with van der Waals surface area (Å²) in [5, 5.41) is 12.2. The van der Waals surface area contributed by atoms with E-state index >= 15 is 0 Å². The zero-order chi connectivity index (χ0) is 25.1. The van der Waals surface area contributed by atoms with Crippen LogP contribution in [0.2, 0.25) is 0 Å². The van der Waals surface area contributed by atoms with Crippen molar-refractivity contribution in [3.63, 3.8) is 0 Å². The van der Waals surface area contributed by atoms with Gasteiger partial charge in [0.2, 0.25) is 5.91 Å². The minimum absolute atomic E-state index is 0. The zero-order valence-electron chi connectivity index (χ0n) is 20.4. The highest BCUT2D eigenvalue weighted by Gasteiger charge is 2.44. The topological polar surface area (TPSA) is 132 Å². The lowest BCUT2D eigenvalue weighted by Gasteiger charge is -2.27. The van der Waals surface area contributed by atoms with Gasteiger partial charge in [-0.05, 0) is 52.5 Å². The summed E-state index contributed by atoms with van der Waals surface area (Å²) in [5.41, 5.74) is 4.10. The van der Waals surface area contributed by atoms with E-state index < -0.39 is 11.7 Å². The second kappa shape index (κ2) is 13.1. The van der Waals surface area contributed by atoms with Crippen molar-refractivity contribution in [2.45, 2.75) is 77.7 Å². The Hall–Kier alpha value is -2.89. The predicted octanol–water partition coefficient (Wildman–Crippen LogP) is 3.45. The number of nitrogens with one attached hydrogen (secondary N) is 3. The molecular formula is C23H43N5O6. The molecule has 2 bridgehead atoms. The molecule has 2 aliphatic heterocycles. The lowest BCUT2D eigenvalue weighted by atomic mass is 10.0. The molecule has 0 unspecified atom stereocenters. The number of nitrogens with zero attached hydrogens (tertiary/aromatic N) is 2. The number of hydrogen-bond donors (Lipinski definition) is 4. The van der Waals surface area contributed by atoms with Gasteiger partial charge in [0.15, 0.2) is 0 Å². The van der Waals surface area contributed by atoms with E-state index in [4.69, 9.17) is 14.8 Å². The summed E-state index contributed by atoms with van der Waals surface area (Å²) in [7, 11) is 0. The fourth-order valence-corrected chi connectivity index (χ4v) is 3.59. The van der Waals surface area contributed by atoms with Crippen LogP contribution in [0.3, 0.4) is 0 Å². The van der Waals surface area contributed by atoms with Crippen molar-refractivity contribution in [2.75, 3.05) is 13.1 Å². The molecule has 0 spiro atoms. The molecule has 2 aliphatic rings. The van der Waals surface area contributed by atoms with Gasteiger partial charge >= 0.3 is 12.1 Å². The molecule has 3 rings (SSSR count). The van der Waals surface area contributed by atoms with Crippen LogP contribution in [0.15, 0.2) is 30.3 Å². The van der Waals surface area contributed by atoms with Crippen LogP contribution in [0.4, 0.5) is 9.59 Å². The first-order valence-electron chi connectivity index (χ1n) is 11.5. The molecule has 0 saturated carbocycles. The summed E-state index contributed by atoms with van der Waals surface area (Å²) in [6, 6.07) is 10.6. The number of urea groups is 1. The number of hydroxylamine groups is 2. The predicted molar refractivity (Wildman–Crippen MR) is 131 cm³/mol. The molecule has 2 heterocycles. The normalized spacial score (nSPS) is 19.3. The largest absolute Gasteiger partial charge is 0.444 e. The number of carbonyl (C=O) groups excluding carboxylic acids is 3. The van der Waals surface area contributed by atoms with Crippen molar-refractivity contribution in [1.82, 2.24) is 26.3 Å². The van der Waals surface area contributed by atoms with Crippen LogP contribution in [0.1, 0.15) is 63.2 Å². The Kier molecular flexibility index (Phi) is 10.6. The second-order valence-electron chi connectivity index (χ2n) is 9.29. The molecule has 4 N–H and O–H groups in total. The van der Waals surface area contributed by atoms with E-state index in [0.29, 0.717) is 25.6 Å². The lowest BCUT2D eigenvalue weighted by molar-refractivity contribution is -0.140. The van der Waals surface area contributed by atoms with Crippen LogP contribution in [-0.4, -0.2) is 64.0 Å². The summed E-state index contributed by atoms with van der Waals surface area (Å²) in [6.45, 7) is 9.04. The fourth-order valence-electron chi connectivity index (χ4n) is 3.59. The van der Waals surface area contributed by atoms with Gasteiger partial charge in [0.05, 0.1) is 6.04 Å². The summed E-state index contributed by atoms with van der Waals surface area (Å²) in [5.74, 6) is -0.353. The van der Waals surface area contributed by atoms with E-state index in [-0.39, 0.29) is 28.7 Å². The van der Waals surface area contributed by atoms with Crippen LogP contribution in [0.25, 0.3) is 0 Å². The highest BCUT2D eigenvalue weighted by molar-refractivity contribution is 5.77. The third-order valence-electron chi connectivity index (χ3n) is 5.28. The number of alkyl carbamates (subject to hydrolysis) is 1. The van der Waals surface area contributed by atoms with Crippen molar-refractivity contribution in [3.8, 4) is 0 Å². The average Bonchev–Trinajstić information content (AvgIpc) is 3.04. The van der Waals surface area contributed by atoms with Crippen molar-refractivity contribution in [3.05, 3.63) is 35.9 Å². The maximum Gasteiger partial charge on any atom is 0.407 e. The Bertz CT molecular complexity index is 816. The number of hydrazine groups is 1. The molecule has 11 nitrogen and oxygen atoms in total. The molecule has 0 radical (unpaired) electrons. The number of fused-ring (bicyclic) bond motifs is 2. The number of rotatable bonds is 8. The maximum atomic E-state index is 12.1. The van der Waals surface area contributed by atoms with Gasteiger partial charge < -0.3 is 15.0 Å². The van der Waals surface area contributed by atoms with Crippen LogP contribution in [-0.2, 0) is 21.0 Å². The Balaban J connectivity index is 0. The quantitative estimate of drug-likeness (QED) is 0.327. The van der Waals surface area contributed by atoms with Gasteiger partial charge in [-0.1, -0.05) is 30.3 Å². The Labute approximate surface area is 205 Å². The van der Waals surface area contributed by atoms with Crippen LogP contribution in [0, 0.1) is 0 Å². The Morgan fingerprint density at radius 2 is 1.91 bits per heavy atom. The molecule has 196 valence electrons. The summed E-state index contributed by atoms with van der Waals surface area (Å²) in [4.78, 5) is 41.7. The minimum atomic E-state index is -0.526. The molecule has 2 atom stereocenters. The third kappa shape index (κ3) is 9.16. The number of hydrogen-bond acceptors (Lipinski definition) is 7. The van der Waals surface area contributed by atoms with Crippen LogP contribution >= 0.6 is 0 Å². The van der Waals surface area contributed by atoms with Gasteiger partial charge in [0.1, 0.15) is 12.2 Å². The van der Waals surface area contributed by atoms with Crippen molar-refractivity contribution < 1.29 is 33.4 Å². The first-order chi connectivity index (χ1) is 16.1. The summed E-state index contributed by atoms with van der Waals surface area (Å²) in [6.07, 6.45) is 2.27. The summed E-state index contributed by atoms with van der Waals surface area (Å²) < 4.78 is 4.99. The van der Waals surface area contributed by atoms with Gasteiger partial charge in [-0.15, -0.1) is 5.59 Å². The molecule has 34 heavy (non-hydrogen) atoms. The van der Waals surface area contributed by atoms with Gasteiger partial charge in [0, 0.05) is 29.8 Å². The first-order valence-corrected chi connectivity index (χ1v) is 11.5. The highest BCUT2D eigenvalue weighted by atomic mass is 16.7. The molecule has 2 fully saturated rings. The van der Waals surface area contributed by atoms with Gasteiger partial charge in [-0.3, -0.25) is 20.3 Å². The second-order valence-corrected chi connectivity index (χ2v) is 9.29. The number of piperidine rings is 1. The van der Waals surface area contributed by atoms with Crippen molar-refractivity contribution in [1.29, 1.82) is 0 Å². The van der Waals surface area contributed by atoms with E-state index in [1.807, 2.05) is 40.7 Å². The lowest BCUT2D eigenvalue weighted by Crippen LogP contribution is -2.37. The molecule has 4 amide bonds. The van der Waals surface area contributed by atoms with Crippen molar-refractivity contribution >= 4 is 18.0 Å². The molecule has 11 heteroatoms. The molecular weight excluding hydrogens is 442 g/mol. The van der Waals surface area contributed by atoms with E-state index in [1.54, 1.807) is 25.8 Å². The molecule has 0 aromatic heterocycles. The van der Waals surface area contributed by atoms with Gasteiger partial charge in [-0.2, -0.15) is 5.06 Å². The van der Waals surface area contributed by atoms with E-state index in [0.717, 1.165) is 24.9 Å². The SMILES string of the molecule is CC(C)(C)OC(=O)NCCCC(=O)NNO.C[C@@H]1CC[C@@H]2CN1C(=O)N2OCc1ccccc1.[HH].[HH].[HH]. The molecule has 1 aromatic carbocycles. The minimum Gasteiger partial charge on any atom is -0.444 e. The van der Waals surface area contributed by atoms with E-state index in [9.17, 15) is 14.4 Å². The smallest absolute Gasteiger partial charge is 0.407 e. The van der Waals surface area contributed by atoms with Crippen molar-refractivity contribution in [2.24, 2.45) is 0 Å². The summed E-state index contributed by atoms with van der Waals surface area (Å²) >= 11 is 0. The van der Waals surface area contributed by atoms with Gasteiger partial charge in [-0.25, -0.2) is 9.59 Å². The highest BCUT2D eigenvalue weighted by Crippen LogP contribution is 2.30. The molecule has 1 aromatic rings. The monoisotopic (exact) mass is 485 g/mol. The zero-order valence-corrected chi connectivity index (χ0v) is 20.4. The number of benzene rings is 1. The van der Waals surface area contributed by atoms with Crippen LogP contribution < -0.4 is 16.3 Å². The average molecular weight is 486 g/mol. The third-order valence-corrected chi connectivity index (χ3v) is 5.28. The number of ether oxygens (including phenoxy) is 1. The Morgan fingerprint density at radius 3 is 2.53 bits per heavy atom. The Morgan fingerprint density at radius 1 is 1.21 bits per heavy atom. The standard InChI is InChI=1S/C14H18N2O2.C9H19N3O4.3H2/c1-11-7-8-13-9-15(11)14(17)16(13)18-10-12-5-3-2-4-6-12;1-9(2,3)16-8(14)10-6-4-5-7(13)11-12-15;;;/h2-6,11,13H,7-10H2,1H3;12,15H,4-6H2,1-3H3,(H,10,14)(H,11,13);3*1H/t11-,13-;;;;/m1..../s1. The molecule has 2 saturated heterocycles. The molecule has 0 aliphatic carbocycles. The van der Waals surface area contributed by atoms with Gasteiger partial charge in [0.25, 0.3) is 0 Å². The van der Waals surface area contributed by atoms with Crippen LogP contribution in [0.5, 0.6) is 0 Å². The number of amides is 4. The fraction of sp³-hybridized carbons (Fsp3) is 0.609. The van der Waals surface area contributed by atoms with E-state index in [2.05, 4.69) is 12.2 Å². The van der Waals surface area contributed by atoms with E-state index in [1.165, 1.54) is 5.59 Å².